The van der Waals surface area contributed by atoms with Crippen molar-refractivity contribution in [3.8, 4) is 0 Å². The molecule has 0 heteroatoms. The Hall–Kier alpha value is 0. The van der Waals surface area contributed by atoms with E-state index in [4.69, 9.17) is 0 Å². The van der Waals surface area contributed by atoms with Gasteiger partial charge in [-0.05, 0) is 42.4 Å². The van der Waals surface area contributed by atoms with E-state index < -0.39 is 0 Å². The lowest BCUT2D eigenvalue weighted by atomic mass is 9.42. The van der Waals surface area contributed by atoms with Crippen LogP contribution in [0.4, 0.5) is 0 Å². The van der Waals surface area contributed by atoms with Crippen LogP contribution >= 0.6 is 0 Å². The van der Waals surface area contributed by atoms with Crippen LogP contribution in [0, 0.1) is 23.2 Å². The number of fused-ring (bicyclic) bond motifs is 1. The third-order valence-electron chi connectivity index (χ3n) is 4.29. The third kappa shape index (κ3) is 0.580. The fourth-order valence-corrected chi connectivity index (χ4v) is 2.90. The monoisotopic (exact) mass is 138 g/mol. The molecule has 0 N–H and O–H groups in total. The molecule has 0 aliphatic heterocycles. The first-order valence-corrected chi connectivity index (χ1v) is 4.64. The normalized spacial score (nSPS) is 51.6. The second kappa shape index (κ2) is 1.78. The van der Waals surface area contributed by atoms with Gasteiger partial charge in [-0.25, -0.2) is 0 Å². The third-order valence-corrected chi connectivity index (χ3v) is 4.29. The molecule has 2 saturated carbocycles. The Morgan fingerprint density at radius 3 is 2.10 bits per heavy atom. The van der Waals surface area contributed by atoms with E-state index in [1.54, 1.807) is 0 Å². The van der Waals surface area contributed by atoms with E-state index in [-0.39, 0.29) is 0 Å². The van der Waals surface area contributed by atoms with Crippen molar-refractivity contribution in [2.45, 2.75) is 40.0 Å². The summed E-state index contributed by atoms with van der Waals surface area (Å²) in [5, 5.41) is 0. The van der Waals surface area contributed by atoms with E-state index in [9.17, 15) is 0 Å². The summed E-state index contributed by atoms with van der Waals surface area (Å²) in [7, 11) is 0. The molecule has 0 heterocycles. The van der Waals surface area contributed by atoms with E-state index in [0.717, 1.165) is 23.2 Å². The molecule has 0 nitrogen and oxygen atoms in total. The predicted molar refractivity (Wildman–Crippen MR) is 43.8 cm³/mol. The molecule has 0 radical (unpaired) electrons. The van der Waals surface area contributed by atoms with Crippen molar-refractivity contribution in [2.24, 2.45) is 23.2 Å². The molecule has 0 aromatic carbocycles. The van der Waals surface area contributed by atoms with Gasteiger partial charge < -0.3 is 0 Å². The van der Waals surface area contributed by atoms with Crippen LogP contribution in [0.5, 0.6) is 0 Å². The minimum Gasteiger partial charge on any atom is -0.0622 e. The van der Waals surface area contributed by atoms with Crippen LogP contribution in [-0.2, 0) is 0 Å². The number of rotatable bonds is 1. The van der Waals surface area contributed by atoms with Crippen LogP contribution in [-0.4, -0.2) is 0 Å². The predicted octanol–water partition coefficient (Wildman–Crippen LogP) is 3.08. The van der Waals surface area contributed by atoms with Gasteiger partial charge in [0.05, 0.1) is 0 Å². The molecule has 3 unspecified atom stereocenters. The summed E-state index contributed by atoms with van der Waals surface area (Å²) < 4.78 is 0. The average molecular weight is 138 g/mol. The summed E-state index contributed by atoms with van der Waals surface area (Å²) in [6.45, 7) is 7.25. The lowest BCUT2D eigenvalue weighted by Gasteiger charge is -2.63. The Morgan fingerprint density at radius 1 is 1.30 bits per heavy atom. The van der Waals surface area contributed by atoms with Gasteiger partial charge in [0.25, 0.3) is 0 Å². The largest absolute Gasteiger partial charge is 0.0622 e. The molecule has 3 atom stereocenters. The van der Waals surface area contributed by atoms with Gasteiger partial charge in [-0.3, -0.25) is 0 Å². The zero-order valence-electron chi connectivity index (χ0n) is 7.35. The van der Waals surface area contributed by atoms with E-state index in [1.165, 1.54) is 19.3 Å². The Balaban J connectivity index is 2.05. The highest BCUT2D eigenvalue weighted by Crippen LogP contribution is 2.64. The topological polar surface area (TPSA) is 0 Å². The summed E-state index contributed by atoms with van der Waals surface area (Å²) in [6.07, 6.45) is 4.58. The molecule has 0 amide bonds. The highest BCUT2D eigenvalue weighted by atomic mass is 14.6. The fourth-order valence-electron chi connectivity index (χ4n) is 2.90. The van der Waals surface area contributed by atoms with Gasteiger partial charge in [-0.2, -0.15) is 0 Å². The summed E-state index contributed by atoms with van der Waals surface area (Å²) >= 11 is 0. The first-order valence-electron chi connectivity index (χ1n) is 4.64. The molecule has 0 aromatic heterocycles. The van der Waals surface area contributed by atoms with E-state index in [0.29, 0.717) is 0 Å². The zero-order chi connectivity index (χ0) is 7.35. The molecule has 10 heavy (non-hydrogen) atoms. The molecule has 0 saturated heterocycles. The Bertz CT molecular complexity index is 148. The minimum absolute atomic E-state index is 0.739. The highest BCUT2D eigenvalue weighted by Gasteiger charge is 2.56. The average Bonchev–Trinajstić information content (AvgIpc) is 1.81. The molecule has 0 spiro atoms. The quantitative estimate of drug-likeness (QED) is 0.522. The second-order valence-electron chi connectivity index (χ2n) is 4.81. The van der Waals surface area contributed by atoms with Crippen molar-refractivity contribution in [3.63, 3.8) is 0 Å². The molecular formula is C10H18. The van der Waals surface area contributed by atoms with E-state index in [2.05, 4.69) is 20.8 Å². The second-order valence-corrected chi connectivity index (χ2v) is 4.81. The standard InChI is InChI=1S/C10H18/c1-7(2)10(3)6-8-4-5-9(8)10/h7-9H,4-6H2,1-3H3. The van der Waals surface area contributed by atoms with Crippen LogP contribution in [0.25, 0.3) is 0 Å². The van der Waals surface area contributed by atoms with Gasteiger partial charge in [0.2, 0.25) is 0 Å². The Morgan fingerprint density at radius 2 is 2.00 bits per heavy atom. The fraction of sp³-hybridized carbons (Fsp3) is 1.00. The van der Waals surface area contributed by atoms with Crippen LogP contribution in [0.15, 0.2) is 0 Å². The lowest BCUT2D eigenvalue weighted by molar-refractivity contribution is -0.132. The molecule has 0 bridgehead atoms. The maximum absolute atomic E-state index is 2.48. The Kier molecular flexibility index (Phi) is 1.19. The van der Waals surface area contributed by atoms with Gasteiger partial charge >= 0.3 is 0 Å². The lowest BCUT2D eigenvalue weighted by Crippen LogP contribution is -2.54. The first-order chi connectivity index (χ1) is 4.64. The summed E-state index contributed by atoms with van der Waals surface area (Å²) in [5.74, 6) is 3.17. The SMILES string of the molecule is CC(C)C1(C)CC2CCC21. The molecule has 2 aliphatic carbocycles. The molecule has 2 aliphatic rings. The smallest absolute Gasteiger partial charge is 0.0269 e. The number of hydrogen-bond acceptors (Lipinski definition) is 0. The van der Waals surface area contributed by atoms with Crippen LogP contribution < -0.4 is 0 Å². The maximum atomic E-state index is 2.48. The molecular weight excluding hydrogens is 120 g/mol. The highest BCUT2D eigenvalue weighted by molar-refractivity contribution is 5.05. The van der Waals surface area contributed by atoms with Crippen molar-refractivity contribution < 1.29 is 0 Å². The van der Waals surface area contributed by atoms with Crippen LogP contribution in [0.3, 0.4) is 0 Å². The molecule has 58 valence electrons. The maximum Gasteiger partial charge on any atom is -0.0269 e. The minimum atomic E-state index is 0.739. The van der Waals surface area contributed by atoms with Crippen molar-refractivity contribution in [3.05, 3.63) is 0 Å². The van der Waals surface area contributed by atoms with Crippen molar-refractivity contribution in [2.75, 3.05) is 0 Å². The van der Waals surface area contributed by atoms with Crippen LogP contribution in [0.2, 0.25) is 0 Å². The van der Waals surface area contributed by atoms with Crippen molar-refractivity contribution >= 4 is 0 Å². The molecule has 2 fully saturated rings. The van der Waals surface area contributed by atoms with Gasteiger partial charge in [-0.1, -0.05) is 20.8 Å². The van der Waals surface area contributed by atoms with Gasteiger partial charge in [-0.15, -0.1) is 0 Å². The molecule has 0 aromatic rings. The zero-order valence-corrected chi connectivity index (χ0v) is 7.35. The van der Waals surface area contributed by atoms with E-state index in [1.807, 2.05) is 0 Å². The summed E-state index contributed by atoms with van der Waals surface area (Å²) in [6, 6.07) is 0. The van der Waals surface area contributed by atoms with Crippen LogP contribution in [0.1, 0.15) is 40.0 Å². The summed E-state index contributed by atoms with van der Waals surface area (Å²) in [5.41, 5.74) is 0.739. The van der Waals surface area contributed by atoms with Gasteiger partial charge in [0.15, 0.2) is 0 Å². The molecule has 2 rings (SSSR count). The Labute approximate surface area is 64.0 Å². The first kappa shape index (κ1) is 6.69. The van der Waals surface area contributed by atoms with Gasteiger partial charge in [0.1, 0.15) is 0 Å². The van der Waals surface area contributed by atoms with E-state index >= 15 is 0 Å². The van der Waals surface area contributed by atoms with Gasteiger partial charge in [0, 0.05) is 0 Å². The van der Waals surface area contributed by atoms with Crippen molar-refractivity contribution in [1.82, 2.24) is 0 Å². The van der Waals surface area contributed by atoms with Crippen molar-refractivity contribution in [1.29, 1.82) is 0 Å². The summed E-state index contributed by atoms with van der Waals surface area (Å²) in [4.78, 5) is 0. The number of hydrogen-bond donors (Lipinski definition) is 0.